The van der Waals surface area contributed by atoms with Crippen LogP contribution < -0.4 is 20.7 Å². The normalized spacial score (nSPS) is 18.8. The molecule has 1 fully saturated rings. The Balaban J connectivity index is 1.62. The predicted octanol–water partition coefficient (Wildman–Crippen LogP) is 3.26. The van der Waals surface area contributed by atoms with Gasteiger partial charge < -0.3 is 25.4 Å². The lowest BCUT2D eigenvalue weighted by atomic mass is 10.1. The monoisotopic (exact) mass is 436 g/mol. The summed E-state index contributed by atoms with van der Waals surface area (Å²) in [6, 6.07) is 16.4. The van der Waals surface area contributed by atoms with Gasteiger partial charge in [0.15, 0.2) is 0 Å². The minimum atomic E-state index is -0.430. The number of nitrogens with one attached hydrogen (secondary N) is 1. The van der Waals surface area contributed by atoms with E-state index in [9.17, 15) is 0 Å². The summed E-state index contributed by atoms with van der Waals surface area (Å²) < 4.78 is 10.9. The first-order valence-electron chi connectivity index (χ1n) is 11.2. The molecule has 4 rings (SSSR count). The van der Waals surface area contributed by atoms with Crippen molar-refractivity contribution in [3.05, 3.63) is 54.1 Å². The molecule has 170 valence electrons. The van der Waals surface area contributed by atoms with Crippen molar-refractivity contribution in [1.29, 1.82) is 0 Å². The van der Waals surface area contributed by atoms with Crippen LogP contribution in [0.1, 0.15) is 25.3 Å². The van der Waals surface area contributed by atoms with E-state index in [0.29, 0.717) is 13.2 Å². The van der Waals surface area contributed by atoms with E-state index in [1.807, 2.05) is 24.3 Å². The number of anilines is 2. The van der Waals surface area contributed by atoms with Crippen molar-refractivity contribution >= 4 is 23.3 Å². The second-order valence-corrected chi connectivity index (χ2v) is 7.89. The zero-order valence-corrected chi connectivity index (χ0v) is 18.8. The highest BCUT2D eigenvalue weighted by molar-refractivity contribution is 6.06. The number of hydrogen-bond donors (Lipinski definition) is 2. The fourth-order valence-electron chi connectivity index (χ4n) is 3.86. The molecule has 32 heavy (non-hydrogen) atoms. The largest absolute Gasteiger partial charge is 0.497 e. The van der Waals surface area contributed by atoms with Crippen LogP contribution in [0.5, 0.6) is 5.75 Å². The van der Waals surface area contributed by atoms with Crippen LogP contribution in [-0.2, 0) is 11.2 Å². The highest BCUT2D eigenvalue weighted by Crippen LogP contribution is 2.26. The molecule has 2 aromatic carbocycles. The molecule has 3 N–H and O–H groups in total. The third-order valence-corrected chi connectivity index (χ3v) is 5.64. The van der Waals surface area contributed by atoms with Crippen molar-refractivity contribution in [1.82, 2.24) is 4.90 Å². The second-order valence-electron chi connectivity index (χ2n) is 7.89. The van der Waals surface area contributed by atoms with Crippen LogP contribution in [0.2, 0.25) is 0 Å². The number of methoxy groups -OCH3 is 1. The van der Waals surface area contributed by atoms with Gasteiger partial charge in [-0.15, -0.1) is 0 Å². The van der Waals surface area contributed by atoms with Crippen molar-refractivity contribution in [3.8, 4) is 5.75 Å². The Morgan fingerprint density at radius 3 is 2.47 bits per heavy atom. The van der Waals surface area contributed by atoms with E-state index in [4.69, 9.17) is 15.2 Å². The first-order valence-corrected chi connectivity index (χ1v) is 11.2. The number of hydrogen-bond acceptors (Lipinski definition) is 8. The summed E-state index contributed by atoms with van der Waals surface area (Å²) in [6.07, 6.45) is 3.05. The molecular weight excluding hydrogens is 404 g/mol. The Bertz CT molecular complexity index is 936. The molecule has 2 aliphatic heterocycles. The summed E-state index contributed by atoms with van der Waals surface area (Å²) in [5.74, 6) is 1.82. The van der Waals surface area contributed by atoms with Crippen molar-refractivity contribution in [2.24, 2.45) is 15.7 Å². The average molecular weight is 437 g/mol. The lowest BCUT2D eigenvalue weighted by Crippen LogP contribution is -2.57. The Kier molecular flexibility index (Phi) is 7.11. The molecule has 1 unspecified atom stereocenters. The minimum absolute atomic E-state index is 0.258. The van der Waals surface area contributed by atoms with E-state index in [1.165, 1.54) is 18.4 Å². The number of nitrogens with zero attached hydrogens (tertiary/aromatic N) is 4. The van der Waals surface area contributed by atoms with E-state index in [2.05, 4.69) is 56.3 Å². The molecule has 0 amide bonds. The number of rotatable bonds is 7. The maximum absolute atomic E-state index is 6.16. The number of aliphatic imine (C=N–C) groups is 2. The number of benzene rings is 2. The molecule has 2 aromatic rings. The number of ether oxygens (including phenoxy) is 2. The third-order valence-electron chi connectivity index (χ3n) is 5.64. The Hall–Kier alpha value is -3.26. The van der Waals surface area contributed by atoms with Gasteiger partial charge in [0.2, 0.25) is 18.2 Å². The fraction of sp³-hybridized carbons (Fsp3) is 0.417. The number of aryl methyl sites for hydroxylation is 1. The van der Waals surface area contributed by atoms with E-state index in [0.717, 1.165) is 42.6 Å². The quantitative estimate of drug-likeness (QED) is 0.693. The van der Waals surface area contributed by atoms with E-state index in [1.54, 1.807) is 7.11 Å². The number of guanidine groups is 2. The summed E-state index contributed by atoms with van der Waals surface area (Å²) in [6.45, 7) is 5.02. The maximum atomic E-state index is 6.16. The van der Waals surface area contributed by atoms with Gasteiger partial charge in [0.25, 0.3) is 0 Å². The predicted molar refractivity (Wildman–Crippen MR) is 129 cm³/mol. The molecule has 1 saturated heterocycles. The molecule has 2 heterocycles. The van der Waals surface area contributed by atoms with Crippen LogP contribution >= 0.6 is 0 Å². The summed E-state index contributed by atoms with van der Waals surface area (Å²) in [5, 5.41) is 3.53. The van der Waals surface area contributed by atoms with E-state index in [-0.39, 0.29) is 5.96 Å². The number of nitrogens with two attached hydrogens (primary N) is 1. The Labute approximate surface area is 189 Å². The Morgan fingerprint density at radius 2 is 1.81 bits per heavy atom. The van der Waals surface area contributed by atoms with Crippen LogP contribution in [-0.4, -0.2) is 56.5 Å². The fourth-order valence-corrected chi connectivity index (χ4v) is 3.86. The van der Waals surface area contributed by atoms with Crippen LogP contribution in [0.4, 0.5) is 11.4 Å². The maximum Gasteiger partial charge on any atom is 0.222 e. The molecule has 0 radical (unpaired) electrons. The summed E-state index contributed by atoms with van der Waals surface area (Å²) in [7, 11) is 1.66. The first kappa shape index (κ1) is 22.0. The van der Waals surface area contributed by atoms with Gasteiger partial charge in [-0.2, -0.15) is 4.99 Å². The smallest absolute Gasteiger partial charge is 0.222 e. The van der Waals surface area contributed by atoms with Crippen LogP contribution in [0.15, 0.2) is 58.5 Å². The number of morpholine rings is 1. The van der Waals surface area contributed by atoms with Crippen LogP contribution in [0, 0.1) is 0 Å². The molecule has 0 aromatic heterocycles. The standard InChI is InChI=1S/C24H32N6O2/c1-3-4-5-18-6-8-19(9-7-18)26-23-27-22(25)28-24(29-14-16-32-17-15-29)30(23)20-10-12-21(31-2)13-11-20/h6-13,23,26H,3-5,14-17H2,1-2H3,(H2,25,27). The molecule has 0 aliphatic carbocycles. The molecular formula is C24H32N6O2. The van der Waals surface area contributed by atoms with Gasteiger partial charge in [-0.1, -0.05) is 25.5 Å². The zero-order chi connectivity index (χ0) is 22.3. The molecule has 0 bridgehead atoms. The highest BCUT2D eigenvalue weighted by atomic mass is 16.5. The lowest BCUT2D eigenvalue weighted by Gasteiger charge is -2.41. The van der Waals surface area contributed by atoms with Crippen molar-refractivity contribution in [2.45, 2.75) is 32.5 Å². The number of unbranched alkanes of at least 4 members (excludes halogenated alkanes) is 1. The van der Waals surface area contributed by atoms with Crippen molar-refractivity contribution in [3.63, 3.8) is 0 Å². The van der Waals surface area contributed by atoms with E-state index >= 15 is 0 Å². The summed E-state index contributed by atoms with van der Waals surface area (Å²) in [5.41, 5.74) is 9.43. The van der Waals surface area contributed by atoms with Crippen LogP contribution in [0.25, 0.3) is 0 Å². The summed E-state index contributed by atoms with van der Waals surface area (Å²) >= 11 is 0. The van der Waals surface area contributed by atoms with Gasteiger partial charge in [-0.3, -0.25) is 4.90 Å². The SMILES string of the molecule is CCCCc1ccc(NC2N=C(N)N=C(N3CCOCC3)N2c2ccc(OC)cc2)cc1. The molecule has 8 heteroatoms. The second kappa shape index (κ2) is 10.4. The molecule has 2 aliphatic rings. The van der Waals surface area contributed by atoms with Gasteiger partial charge >= 0.3 is 0 Å². The van der Waals surface area contributed by atoms with Gasteiger partial charge in [0.1, 0.15) is 5.75 Å². The van der Waals surface area contributed by atoms with Gasteiger partial charge in [-0.05, 0) is 54.8 Å². The van der Waals surface area contributed by atoms with Crippen LogP contribution in [0.3, 0.4) is 0 Å². The molecule has 1 atom stereocenters. The minimum Gasteiger partial charge on any atom is -0.497 e. The first-order chi connectivity index (χ1) is 15.7. The van der Waals surface area contributed by atoms with Gasteiger partial charge in [0, 0.05) is 24.5 Å². The van der Waals surface area contributed by atoms with Gasteiger partial charge in [-0.25, -0.2) is 4.99 Å². The topological polar surface area (TPSA) is 87.7 Å². The molecule has 0 saturated carbocycles. The lowest BCUT2D eigenvalue weighted by molar-refractivity contribution is 0.0671. The van der Waals surface area contributed by atoms with E-state index < -0.39 is 6.29 Å². The van der Waals surface area contributed by atoms with Crippen molar-refractivity contribution in [2.75, 3.05) is 43.6 Å². The molecule has 8 nitrogen and oxygen atoms in total. The Morgan fingerprint density at radius 1 is 1.09 bits per heavy atom. The third kappa shape index (κ3) is 5.13. The van der Waals surface area contributed by atoms with Crippen molar-refractivity contribution < 1.29 is 9.47 Å². The average Bonchev–Trinajstić information content (AvgIpc) is 2.84. The summed E-state index contributed by atoms with van der Waals surface area (Å²) in [4.78, 5) is 13.5. The molecule has 0 spiro atoms. The highest BCUT2D eigenvalue weighted by Gasteiger charge is 2.32. The zero-order valence-electron chi connectivity index (χ0n) is 18.8. The van der Waals surface area contributed by atoms with Gasteiger partial charge in [0.05, 0.1) is 20.3 Å².